The van der Waals surface area contributed by atoms with E-state index >= 15 is 0 Å². The van der Waals surface area contributed by atoms with Gasteiger partial charge in [-0.05, 0) is 24.6 Å². The molecule has 23 heavy (non-hydrogen) atoms. The van der Waals surface area contributed by atoms with Crippen molar-refractivity contribution in [1.82, 2.24) is 0 Å². The number of halogens is 3. The third-order valence-corrected chi connectivity index (χ3v) is 3.75. The van der Waals surface area contributed by atoms with E-state index in [1.54, 1.807) is 25.1 Å². The fraction of sp³-hybridized carbons (Fsp3) is 0.250. The number of nitrogens with zero attached hydrogens (tertiary/aromatic N) is 1. The Balaban J connectivity index is 2.48. The molecule has 0 aliphatic rings. The third kappa shape index (κ3) is 3.92. The monoisotopic (exact) mass is 385 g/mol. The Morgan fingerprint density at radius 3 is 2.57 bits per heavy atom. The molecule has 0 aliphatic heterocycles. The topological polar surface area (TPSA) is 52.4 Å². The van der Waals surface area contributed by atoms with Crippen LogP contribution in [0.15, 0.2) is 53.0 Å². The van der Waals surface area contributed by atoms with Crippen LogP contribution in [0.2, 0.25) is 0 Å². The summed E-state index contributed by atoms with van der Waals surface area (Å²) in [7, 11) is 0. The highest BCUT2D eigenvalue weighted by atomic mass is 79.9. The summed E-state index contributed by atoms with van der Waals surface area (Å²) in [5.41, 5.74) is -0.547. The van der Waals surface area contributed by atoms with Gasteiger partial charge >= 0.3 is 5.92 Å². The molecule has 1 atom stereocenters. The molecule has 0 bridgehead atoms. The number of hydrogen-bond acceptors (Lipinski definition) is 3. The zero-order valence-electron chi connectivity index (χ0n) is 12.2. The molecule has 0 radical (unpaired) electrons. The summed E-state index contributed by atoms with van der Waals surface area (Å²) in [6.45, 7) is 1.70. The Labute approximate surface area is 140 Å². The van der Waals surface area contributed by atoms with Crippen molar-refractivity contribution in [3.8, 4) is 0 Å². The van der Waals surface area contributed by atoms with Crippen LogP contribution in [0.1, 0.15) is 24.2 Å². The highest BCUT2D eigenvalue weighted by Crippen LogP contribution is 2.44. The zero-order valence-corrected chi connectivity index (χ0v) is 13.8. The van der Waals surface area contributed by atoms with Gasteiger partial charge in [0, 0.05) is 28.8 Å². The molecule has 0 saturated heterocycles. The van der Waals surface area contributed by atoms with Gasteiger partial charge in [0.2, 0.25) is 0 Å². The molecule has 122 valence electrons. The number of non-ortho nitro benzene ring substituents is 1. The van der Waals surface area contributed by atoms with E-state index in [2.05, 4.69) is 15.9 Å². The molecule has 1 unspecified atom stereocenters. The van der Waals surface area contributed by atoms with Crippen LogP contribution in [-0.4, -0.2) is 11.5 Å². The summed E-state index contributed by atoms with van der Waals surface area (Å²) in [6.07, 6.45) is -1.54. The van der Waals surface area contributed by atoms with Crippen LogP contribution in [0.3, 0.4) is 0 Å². The third-order valence-electron chi connectivity index (χ3n) is 3.26. The van der Waals surface area contributed by atoms with Crippen LogP contribution in [0.5, 0.6) is 0 Å². The van der Waals surface area contributed by atoms with Gasteiger partial charge in [-0.3, -0.25) is 10.1 Å². The van der Waals surface area contributed by atoms with E-state index < -0.39 is 22.5 Å². The molecule has 0 heterocycles. The predicted octanol–water partition coefficient (Wildman–Crippen LogP) is 5.23. The van der Waals surface area contributed by atoms with Gasteiger partial charge in [0.1, 0.15) is 0 Å². The van der Waals surface area contributed by atoms with Gasteiger partial charge in [0.15, 0.2) is 6.10 Å². The summed E-state index contributed by atoms with van der Waals surface area (Å²) in [6, 6.07) is 10.9. The predicted molar refractivity (Wildman–Crippen MR) is 85.5 cm³/mol. The van der Waals surface area contributed by atoms with Gasteiger partial charge in [-0.1, -0.05) is 40.2 Å². The van der Waals surface area contributed by atoms with Gasteiger partial charge in [0.25, 0.3) is 5.69 Å². The zero-order chi connectivity index (χ0) is 17.0. The highest BCUT2D eigenvalue weighted by molar-refractivity contribution is 9.10. The van der Waals surface area contributed by atoms with E-state index in [1.165, 1.54) is 18.2 Å². The van der Waals surface area contributed by atoms with Crippen molar-refractivity contribution in [2.75, 3.05) is 6.61 Å². The molecular weight excluding hydrogens is 372 g/mol. The lowest BCUT2D eigenvalue weighted by atomic mass is 9.96. The summed E-state index contributed by atoms with van der Waals surface area (Å²) in [4.78, 5) is 10.1. The van der Waals surface area contributed by atoms with E-state index in [0.29, 0.717) is 4.47 Å². The Morgan fingerprint density at radius 1 is 1.26 bits per heavy atom. The maximum atomic E-state index is 14.9. The second-order valence-electron chi connectivity index (χ2n) is 4.82. The first kappa shape index (κ1) is 17.5. The highest BCUT2D eigenvalue weighted by Gasteiger charge is 2.44. The molecule has 0 aliphatic carbocycles. The van der Waals surface area contributed by atoms with Crippen LogP contribution >= 0.6 is 15.9 Å². The minimum absolute atomic E-state index is 0.0850. The molecular formula is C16H14BrF2NO3. The van der Waals surface area contributed by atoms with Gasteiger partial charge < -0.3 is 4.74 Å². The fourth-order valence-corrected chi connectivity index (χ4v) is 2.64. The first-order valence-electron chi connectivity index (χ1n) is 6.86. The summed E-state index contributed by atoms with van der Waals surface area (Å²) < 4.78 is 35.7. The van der Waals surface area contributed by atoms with Crippen molar-refractivity contribution in [1.29, 1.82) is 0 Å². The number of nitro benzene ring substituents is 1. The van der Waals surface area contributed by atoms with Gasteiger partial charge in [-0.15, -0.1) is 0 Å². The van der Waals surface area contributed by atoms with Crippen LogP contribution in [0.25, 0.3) is 0 Å². The normalized spacial score (nSPS) is 12.9. The molecule has 0 amide bonds. The van der Waals surface area contributed by atoms with E-state index in [1.807, 2.05) is 0 Å². The van der Waals surface area contributed by atoms with Crippen LogP contribution in [0, 0.1) is 10.1 Å². The number of nitro groups is 1. The molecule has 0 saturated carbocycles. The van der Waals surface area contributed by atoms with Gasteiger partial charge in [-0.2, -0.15) is 8.78 Å². The lowest BCUT2D eigenvalue weighted by molar-refractivity contribution is -0.385. The number of hydrogen-bond donors (Lipinski definition) is 0. The first-order valence-corrected chi connectivity index (χ1v) is 7.65. The summed E-state index contributed by atoms with van der Waals surface area (Å²) in [5, 5.41) is 10.8. The molecule has 2 aromatic carbocycles. The molecule has 2 rings (SSSR count). The number of benzene rings is 2. The van der Waals surface area contributed by atoms with Crippen molar-refractivity contribution in [2.24, 2.45) is 0 Å². The number of alkyl halides is 2. The second-order valence-corrected chi connectivity index (χ2v) is 5.74. The lowest BCUT2D eigenvalue weighted by Crippen LogP contribution is -2.26. The number of rotatable bonds is 6. The van der Waals surface area contributed by atoms with Crippen molar-refractivity contribution in [3.63, 3.8) is 0 Å². The van der Waals surface area contributed by atoms with Crippen molar-refractivity contribution in [3.05, 3.63) is 74.2 Å². The molecule has 4 nitrogen and oxygen atoms in total. The van der Waals surface area contributed by atoms with Gasteiger partial charge in [0.05, 0.1) is 4.92 Å². The molecule has 0 N–H and O–H groups in total. The van der Waals surface area contributed by atoms with E-state index in [4.69, 9.17) is 4.74 Å². The molecule has 0 aromatic heterocycles. The van der Waals surface area contributed by atoms with Crippen molar-refractivity contribution < 1.29 is 18.4 Å². The van der Waals surface area contributed by atoms with Crippen molar-refractivity contribution >= 4 is 21.6 Å². The molecule has 0 spiro atoms. The smallest absolute Gasteiger partial charge is 0.303 e. The SMILES string of the molecule is CCOC(c1cccc(Br)c1)C(F)(F)c1cccc([N+](=O)[O-])c1. The Bertz CT molecular complexity index is 709. The summed E-state index contributed by atoms with van der Waals surface area (Å²) >= 11 is 3.25. The minimum atomic E-state index is -3.41. The number of ether oxygens (including phenoxy) is 1. The average molecular weight is 386 g/mol. The lowest BCUT2D eigenvalue weighted by Gasteiger charge is -2.27. The van der Waals surface area contributed by atoms with Crippen LogP contribution < -0.4 is 0 Å². The second kappa shape index (κ2) is 7.14. The summed E-state index contributed by atoms with van der Waals surface area (Å²) in [5.74, 6) is -3.41. The van der Waals surface area contributed by atoms with E-state index in [9.17, 15) is 18.9 Å². The largest absolute Gasteiger partial charge is 0.367 e. The van der Waals surface area contributed by atoms with Gasteiger partial charge in [-0.25, -0.2) is 0 Å². The fourth-order valence-electron chi connectivity index (χ4n) is 2.22. The molecule has 7 heteroatoms. The maximum absolute atomic E-state index is 14.9. The molecule has 0 fully saturated rings. The average Bonchev–Trinajstić information content (AvgIpc) is 2.52. The van der Waals surface area contributed by atoms with Crippen molar-refractivity contribution in [2.45, 2.75) is 19.0 Å². The minimum Gasteiger partial charge on any atom is -0.367 e. The Morgan fingerprint density at radius 2 is 1.96 bits per heavy atom. The standard InChI is InChI=1S/C16H14BrF2NO3/c1-2-23-15(11-5-3-7-13(17)9-11)16(18,19)12-6-4-8-14(10-12)20(21)22/h3-10,15H,2H2,1H3. The Kier molecular flexibility index (Phi) is 5.43. The quantitative estimate of drug-likeness (QED) is 0.505. The van der Waals surface area contributed by atoms with E-state index in [0.717, 1.165) is 12.1 Å². The molecule has 2 aromatic rings. The maximum Gasteiger partial charge on any atom is 0.303 e. The van der Waals surface area contributed by atoms with Crippen LogP contribution in [0.4, 0.5) is 14.5 Å². The first-order chi connectivity index (χ1) is 10.9. The van der Waals surface area contributed by atoms with Crippen LogP contribution in [-0.2, 0) is 10.7 Å². The van der Waals surface area contributed by atoms with E-state index in [-0.39, 0.29) is 17.9 Å². The Hall–Kier alpha value is -1.86.